The van der Waals surface area contributed by atoms with Crippen molar-refractivity contribution in [1.29, 1.82) is 0 Å². The third kappa shape index (κ3) is 1.21. The Morgan fingerprint density at radius 2 is 1.71 bits per heavy atom. The van der Waals surface area contributed by atoms with Crippen molar-refractivity contribution in [3.63, 3.8) is 0 Å². The monoisotopic (exact) mass is 200 g/mol. The van der Waals surface area contributed by atoms with Crippen molar-refractivity contribution in [3.05, 3.63) is 0 Å². The minimum Gasteiger partial charge on any atom is -0.394 e. The third-order valence-electron chi connectivity index (χ3n) is 3.74. The summed E-state index contributed by atoms with van der Waals surface area (Å²) in [6.45, 7) is 1.59. The van der Waals surface area contributed by atoms with E-state index in [0.717, 1.165) is 38.9 Å². The third-order valence-corrected chi connectivity index (χ3v) is 3.74. The molecule has 2 heterocycles. The Morgan fingerprint density at radius 1 is 1.07 bits per heavy atom. The van der Waals surface area contributed by atoms with Gasteiger partial charge in [-0.25, -0.2) is 0 Å². The molecule has 0 bridgehead atoms. The van der Waals surface area contributed by atoms with E-state index in [2.05, 4.69) is 0 Å². The van der Waals surface area contributed by atoms with Crippen LogP contribution in [0.15, 0.2) is 0 Å². The lowest BCUT2D eigenvalue weighted by Crippen LogP contribution is -2.39. The fraction of sp³-hybridized carbons (Fsp3) is 1.00. The lowest BCUT2D eigenvalue weighted by atomic mass is 9.83. The normalized spacial score (nSPS) is 37.9. The van der Waals surface area contributed by atoms with Crippen LogP contribution in [-0.4, -0.2) is 42.4 Å². The van der Waals surface area contributed by atoms with E-state index in [-0.39, 0.29) is 24.1 Å². The topological polar surface area (TPSA) is 51.2 Å². The van der Waals surface area contributed by atoms with Gasteiger partial charge in [0.05, 0.1) is 25.4 Å². The largest absolute Gasteiger partial charge is 0.394 e. The first-order valence-corrected chi connectivity index (χ1v) is 5.35. The molecule has 0 amide bonds. The molecule has 0 unspecified atom stereocenters. The van der Waals surface area contributed by atoms with Gasteiger partial charge in [0.25, 0.3) is 0 Å². The van der Waals surface area contributed by atoms with Gasteiger partial charge in [0, 0.05) is 12.8 Å². The van der Waals surface area contributed by atoms with Gasteiger partial charge in [0.15, 0.2) is 5.79 Å². The standard InChI is InChI=1S/C10H16O4/c11-7-8-9(14-8)1-3-10(4-2-9)12-5-6-13-10/h8,11H,1-7H2/t8-/m0/s1. The maximum atomic E-state index is 8.99. The van der Waals surface area contributed by atoms with E-state index >= 15 is 0 Å². The first kappa shape index (κ1) is 9.09. The van der Waals surface area contributed by atoms with Crippen molar-refractivity contribution in [2.45, 2.75) is 43.2 Å². The Kier molecular flexibility index (Phi) is 1.89. The first-order valence-electron chi connectivity index (χ1n) is 5.35. The second-order valence-corrected chi connectivity index (χ2v) is 4.46. The van der Waals surface area contributed by atoms with Crippen LogP contribution < -0.4 is 0 Å². The predicted molar refractivity (Wildman–Crippen MR) is 47.8 cm³/mol. The van der Waals surface area contributed by atoms with Crippen LogP contribution in [0, 0.1) is 0 Å². The molecule has 1 aliphatic carbocycles. The molecule has 1 saturated carbocycles. The Labute approximate surface area is 83.1 Å². The summed E-state index contributed by atoms with van der Waals surface area (Å²) < 4.78 is 16.8. The average Bonchev–Trinajstić information content (AvgIpc) is 2.72. The highest BCUT2D eigenvalue weighted by Crippen LogP contribution is 2.52. The van der Waals surface area contributed by atoms with E-state index in [1.54, 1.807) is 0 Å². The average molecular weight is 200 g/mol. The Bertz CT molecular complexity index is 224. The quantitative estimate of drug-likeness (QED) is 0.624. The lowest BCUT2D eigenvalue weighted by Gasteiger charge is -2.34. The van der Waals surface area contributed by atoms with E-state index in [1.165, 1.54) is 0 Å². The summed E-state index contributed by atoms with van der Waals surface area (Å²) in [5, 5.41) is 8.99. The number of ether oxygens (including phenoxy) is 3. The Balaban J connectivity index is 1.63. The van der Waals surface area contributed by atoms with Crippen LogP contribution in [0.4, 0.5) is 0 Å². The second-order valence-electron chi connectivity index (χ2n) is 4.46. The Hall–Kier alpha value is -0.160. The van der Waals surface area contributed by atoms with Crippen LogP contribution in [0.3, 0.4) is 0 Å². The molecule has 3 fully saturated rings. The molecule has 0 aromatic carbocycles. The zero-order valence-corrected chi connectivity index (χ0v) is 8.20. The molecule has 2 aliphatic heterocycles. The molecule has 2 saturated heterocycles. The van der Waals surface area contributed by atoms with Crippen LogP contribution in [-0.2, 0) is 14.2 Å². The van der Waals surface area contributed by atoms with Crippen molar-refractivity contribution < 1.29 is 19.3 Å². The van der Waals surface area contributed by atoms with Crippen molar-refractivity contribution in [1.82, 2.24) is 0 Å². The van der Waals surface area contributed by atoms with Gasteiger partial charge in [-0.15, -0.1) is 0 Å². The molecule has 3 aliphatic rings. The summed E-state index contributed by atoms with van der Waals surface area (Å²) in [7, 11) is 0. The Morgan fingerprint density at radius 3 is 2.21 bits per heavy atom. The molecular formula is C10H16O4. The smallest absolute Gasteiger partial charge is 0.168 e. The SMILES string of the molecule is OC[C@@H]1OC12CCC1(CC2)OCCO1. The van der Waals surface area contributed by atoms with Crippen LogP contribution >= 0.6 is 0 Å². The molecule has 2 spiro atoms. The summed E-state index contributed by atoms with van der Waals surface area (Å²) in [5.41, 5.74) is -0.0324. The van der Waals surface area contributed by atoms with Crippen molar-refractivity contribution >= 4 is 0 Å². The van der Waals surface area contributed by atoms with Gasteiger partial charge in [-0.1, -0.05) is 0 Å². The van der Waals surface area contributed by atoms with E-state index in [1.807, 2.05) is 0 Å². The number of aliphatic hydroxyl groups excluding tert-OH is 1. The van der Waals surface area contributed by atoms with Gasteiger partial charge in [0.2, 0.25) is 0 Å². The first-order chi connectivity index (χ1) is 6.79. The van der Waals surface area contributed by atoms with Crippen molar-refractivity contribution in [2.24, 2.45) is 0 Å². The van der Waals surface area contributed by atoms with Gasteiger partial charge in [-0.2, -0.15) is 0 Å². The van der Waals surface area contributed by atoms with Gasteiger partial charge in [-0.3, -0.25) is 0 Å². The molecule has 14 heavy (non-hydrogen) atoms. The summed E-state index contributed by atoms with van der Waals surface area (Å²) in [4.78, 5) is 0. The molecule has 4 nitrogen and oxygen atoms in total. The molecule has 0 aromatic heterocycles. The minimum absolute atomic E-state index is 0.0324. The van der Waals surface area contributed by atoms with Crippen LogP contribution in [0.1, 0.15) is 25.7 Å². The number of hydrogen-bond donors (Lipinski definition) is 1. The van der Waals surface area contributed by atoms with Crippen LogP contribution in [0.2, 0.25) is 0 Å². The van der Waals surface area contributed by atoms with Crippen molar-refractivity contribution in [2.75, 3.05) is 19.8 Å². The molecular weight excluding hydrogens is 184 g/mol. The van der Waals surface area contributed by atoms with Crippen molar-refractivity contribution in [3.8, 4) is 0 Å². The summed E-state index contributed by atoms with van der Waals surface area (Å²) >= 11 is 0. The van der Waals surface area contributed by atoms with Gasteiger partial charge in [0.1, 0.15) is 6.10 Å². The fourth-order valence-corrected chi connectivity index (χ4v) is 2.73. The van der Waals surface area contributed by atoms with E-state index in [4.69, 9.17) is 19.3 Å². The summed E-state index contributed by atoms with van der Waals surface area (Å²) in [6, 6.07) is 0. The zero-order valence-electron chi connectivity index (χ0n) is 8.20. The molecule has 1 atom stereocenters. The zero-order chi connectivity index (χ0) is 9.65. The molecule has 3 rings (SSSR count). The fourth-order valence-electron chi connectivity index (χ4n) is 2.73. The molecule has 1 N–H and O–H groups in total. The second kappa shape index (κ2) is 2.92. The molecule has 0 radical (unpaired) electrons. The number of epoxide rings is 1. The predicted octanol–water partition coefficient (Wildman–Crippen LogP) is 0.433. The minimum atomic E-state index is -0.308. The highest BCUT2D eigenvalue weighted by molar-refractivity contribution is 5.06. The maximum Gasteiger partial charge on any atom is 0.168 e. The summed E-state index contributed by atoms with van der Waals surface area (Å²) in [5.74, 6) is -0.308. The number of rotatable bonds is 1. The maximum absolute atomic E-state index is 8.99. The highest BCUT2D eigenvalue weighted by Gasteiger charge is 2.60. The van der Waals surface area contributed by atoms with Crippen LogP contribution in [0.5, 0.6) is 0 Å². The van der Waals surface area contributed by atoms with Gasteiger partial charge in [-0.05, 0) is 12.8 Å². The lowest BCUT2D eigenvalue weighted by molar-refractivity contribution is -0.184. The number of hydrogen-bond acceptors (Lipinski definition) is 4. The van der Waals surface area contributed by atoms with Gasteiger partial charge < -0.3 is 19.3 Å². The molecule has 80 valence electrons. The molecule has 4 heteroatoms. The van der Waals surface area contributed by atoms with E-state index < -0.39 is 0 Å². The van der Waals surface area contributed by atoms with Gasteiger partial charge >= 0.3 is 0 Å². The number of aliphatic hydroxyl groups is 1. The van der Waals surface area contributed by atoms with E-state index in [9.17, 15) is 0 Å². The van der Waals surface area contributed by atoms with E-state index in [0.29, 0.717) is 0 Å². The molecule has 0 aromatic rings. The highest BCUT2D eigenvalue weighted by atomic mass is 16.7. The van der Waals surface area contributed by atoms with Crippen LogP contribution in [0.25, 0.3) is 0 Å². The summed E-state index contributed by atoms with van der Waals surface area (Å²) in [6.07, 6.45) is 3.80.